The van der Waals surface area contributed by atoms with Gasteiger partial charge in [0, 0.05) is 19.6 Å². The maximum absolute atomic E-state index is 4.41. The lowest BCUT2D eigenvalue weighted by Gasteiger charge is -2.12. The van der Waals surface area contributed by atoms with Gasteiger partial charge in [0.25, 0.3) is 0 Å². The molecule has 2 aromatic rings. The van der Waals surface area contributed by atoms with E-state index >= 15 is 0 Å². The summed E-state index contributed by atoms with van der Waals surface area (Å²) in [4.78, 5) is 4.70. The second kappa shape index (κ2) is 6.78. The van der Waals surface area contributed by atoms with Gasteiger partial charge < -0.3 is 0 Å². The van der Waals surface area contributed by atoms with Crippen molar-refractivity contribution >= 4 is 37.0 Å². The van der Waals surface area contributed by atoms with Gasteiger partial charge >= 0.3 is 0 Å². The monoisotopic (exact) mass is 306 g/mol. The van der Waals surface area contributed by atoms with Gasteiger partial charge in [0.2, 0.25) is 0 Å². The molecule has 0 aliphatic carbocycles. The minimum absolute atomic E-state index is 1.03. The van der Waals surface area contributed by atoms with Crippen LogP contribution in [-0.4, -0.2) is 0 Å². The Bertz CT molecular complexity index is 525. The van der Waals surface area contributed by atoms with E-state index < -0.39 is 0 Å². The molecule has 0 radical (unpaired) electrons. The van der Waals surface area contributed by atoms with Gasteiger partial charge in [-0.3, -0.25) is 0 Å². The van der Waals surface area contributed by atoms with E-state index in [-0.39, 0.29) is 0 Å². The summed E-state index contributed by atoms with van der Waals surface area (Å²) in [5, 5.41) is 0. The molecule has 0 aliphatic rings. The summed E-state index contributed by atoms with van der Waals surface area (Å²) in [6, 6.07) is 12.8. The molecule has 0 heterocycles. The maximum atomic E-state index is 4.41. The molecule has 0 spiro atoms. The summed E-state index contributed by atoms with van der Waals surface area (Å²) in [7, 11) is 0. The quantitative estimate of drug-likeness (QED) is 0.699. The van der Waals surface area contributed by atoms with Crippen molar-refractivity contribution in [2.45, 2.75) is 46.3 Å². The predicted molar refractivity (Wildman–Crippen MR) is 90.3 cm³/mol. The molecule has 0 nitrogen and oxygen atoms in total. The Morgan fingerprint density at radius 3 is 1.58 bits per heavy atom. The number of thiol groups is 2. The topological polar surface area (TPSA) is 0 Å². The first-order valence-corrected chi connectivity index (χ1v) is 8.16. The largest absolute Gasteiger partial charge is 0.143 e. The van der Waals surface area contributed by atoms with E-state index in [2.05, 4.69) is 75.5 Å². The SMILES string of the molecule is CCc1cc(S)ccc1Sc1ccc(S)cc1CC. The Balaban J connectivity index is 2.36. The van der Waals surface area contributed by atoms with Crippen LogP contribution in [0.15, 0.2) is 56.0 Å². The van der Waals surface area contributed by atoms with Gasteiger partial charge in [-0.05, 0) is 60.4 Å². The first kappa shape index (κ1) is 14.9. The lowest BCUT2D eigenvalue weighted by atomic mass is 10.2. The van der Waals surface area contributed by atoms with Crippen LogP contribution in [0, 0.1) is 0 Å². The van der Waals surface area contributed by atoms with Crippen LogP contribution >= 0.6 is 37.0 Å². The summed E-state index contributed by atoms with van der Waals surface area (Å²) >= 11 is 10.7. The summed E-state index contributed by atoms with van der Waals surface area (Å²) < 4.78 is 0. The van der Waals surface area contributed by atoms with Crippen molar-refractivity contribution in [1.82, 2.24) is 0 Å². The number of rotatable bonds is 4. The molecule has 0 aromatic heterocycles. The lowest BCUT2D eigenvalue weighted by Crippen LogP contribution is -1.89. The average molecular weight is 307 g/mol. The van der Waals surface area contributed by atoms with Crippen molar-refractivity contribution in [3.63, 3.8) is 0 Å². The van der Waals surface area contributed by atoms with Crippen molar-refractivity contribution in [2.24, 2.45) is 0 Å². The van der Waals surface area contributed by atoms with Crippen LogP contribution in [0.5, 0.6) is 0 Å². The van der Waals surface area contributed by atoms with Crippen LogP contribution in [0.1, 0.15) is 25.0 Å². The third kappa shape index (κ3) is 3.74. The highest BCUT2D eigenvalue weighted by Gasteiger charge is 2.07. The van der Waals surface area contributed by atoms with Crippen molar-refractivity contribution in [3.05, 3.63) is 47.5 Å². The minimum atomic E-state index is 1.03. The zero-order valence-electron chi connectivity index (χ0n) is 11.2. The molecular formula is C16H18S3. The molecule has 100 valence electrons. The second-order valence-corrected chi connectivity index (χ2v) is 6.51. The fraction of sp³-hybridized carbons (Fsp3) is 0.250. The van der Waals surface area contributed by atoms with Crippen molar-refractivity contribution < 1.29 is 0 Å². The van der Waals surface area contributed by atoms with Crippen LogP contribution in [0.3, 0.4) is 0 Å². The van der Waals surface area contributed by atoms with Gasteiger partial charge in [0.05, 0.1) is 0 Å². The Hall–Kier alpha value is -0.510. The molecule has 0 unspecified atom stereocenters. The van der Waals surface area contributed by atoms with E-state index in [1.54, 1.807) is 0 Å². The van der Waals surface area contributed by atoms with E-state index in [1.807, 2.05) is 11.8 Å². The number of aryl methyl sites for hydroxylation is 2. The smallest absolute Gasteiger partial charge is 0.0155 e. The molecule has 0 N–H and O–H groups in total. The number of benzene rings is 2. The summed E-state index contributed by atoms with van der Waals surface area (Å²) in [5.41, 5.74) is 2.71. The van der Waals surface area contributed by atoms with Crippen molar-refractivity contribution in [3.8, 4) is 0 Å². The second-order valence-electron chi connectivity index (χ2n) is 4.39. The van der Waals surface area contributed by atoms with Gasteiger partial charge in [-0.1, -0.05) is 25.6 Å². The Kier molecular flexibility index (Phi) is 5.31. The van der Waals surface area contributed by atoms with E-state index in [0.29, 0.717) is 0 Å². The lowest BCUT2D eigenvalue weighted by molar-refractivity contribution is 1.05. The maximum Gasteiger partial charge on any atom is 0.0155 e. The highest BCUT2D eigenvalue weighted by Crippen LogP contribution is 2.35. The summed E-state index contributed by atoms with van der Waals surface area (Å²) in [6.07, 6.45) is 2.06. The summed E-state index contributed by atoms with van der Waals surface area (Å²) in [5.74, 6) is 0. The molecule has 0 amide bonds. The molecule has 0 atom stereocenters. The van der Waals surface area contributed by atoms with Crippen LogP contribution in [-0.2, 0) is 12.8 Å². The molecule has 0 bridgehead atoms. The van der Waals surface area contributed by atoms with Crippen LogP contribution in [0.25, 0.3) is 0 Å². The van der Waals surface area contributed by atoms with Gasteiger partial charge in [-0.15, -0.1) is 25.3 Å². The summed E-state index contributed by atoms with van der Waals surface area (Å²) in [6.45, 7) is 4.37. The number of hydrogen-bond acceptors (Lipinski definition) is 3. The van der Waals surface area contributed by atoms with Crippen molar-refractivity contribution in [1.29, 1.82) is 0 Å². The van der Waals surface area contributed by atoms with Gasteiger partial charge in [-0.25, -0.2) is 0 Å². The van der Waals surface area contributed by atoms with Gasteiger partial charge in [0.1, 0.15) is 0 Å². The first-order valence-electron chi connectivity index (χ1n) is 6.45. The normalized spacial score (nSPS) is 10.7. The molecule has 0 aliphatic heterocycles. The molecule has 2 aromatic carbocycles. The molecule has 2 rings (SSSR count). The van der Waals surface area contributed by atoms with Gasteiger partial charge in [-0.2, -0.15) is 0 Å². The Morgan fingerprint density at radius 2 is 1.21 bits per heavy atom. The molecule has 19 heavy (non-hydrogen) atoms. The third-order valence-corrected chi connectivity index (χ3v) is 4.86. The van der Waals surface area contributed by atoms with Gasteiger partial charge in [0.15, 0.2) is 0 Å². The molecule has 0 saturated heterocycles. The van der Waals surface area contributed by atoms with Crippen LogP contribution in [0.2, 0.25) is 0 Å². The Labute approximate surface area is 130 Å². The Morgan fingerprint density at radius 1 is 0.789 bits per heavy atom. The average Bonchev–Trinajstić information content (AvgIpc) is 2.42. The fourth-order valence-corrected chi connectivity index (χ4v) is 3.64. The van der Waals surface area contributed by atoms with E-state index in [4.69, 9.17) is 0 Å². The minimum Gasteiger partial charge on any atom is -0.143 e. The first-order chi connectivity index (χ1) is 9.13. The number of hydrogen-bond donors (Lipinski definition) is 2. The van der Waals surface area contributed by atoms with E-state index in [0.717, 1.165) is 22.6 Å². The van der Waals surface area contributed by atoms with E-state index in [9.17, 15) is 0 Å². The molecule has 0 fully saturated rings. The molecule has 3 heteroatoms. The molecule has 0 saturated carbocycles. The van der Waals surface area contributed by atoms with Crippen molar-refractivity contribution in [2.75, 3.05) is 0 Å². The third-order valence-electron chi connectivity index (χ3n) is 3.07. The highest BCUT2D eigenvalue weighted by molar-refractivity contribution is 7.99. The van der Waals surface area contributed by atoms with Crippen LogP contribution in [0.4, 0.5) is 0 Å². The fourth-order valence-electron chi connectivity index (χ4n) is 2.00. The standard InChI is InChI=1S/C16H18S3/c1-3-11-9-13(17)5-7-15(11)19-16-8-6-14(18)10-12(16)4-2/h5-10,17-18H,3-4H2,1-2H3. The van der Waals surface area contributed by atoms with Crippen LogP contribution < -0.4 is 0 Å². The predicted octanol–water partition coefficient (Wildman–Crippen LogP) is 5.54. The highest BCUT2D eigenvalue weighted by atomic mass is 32.2. The molecular weight excluding hydrogens is 288 g/mol. The zero-order valence-corrected chi connectivity index (χ0v) is 13.8. The van der Waals surface area contributed by atoms with E-state index in [1.165, 1.54) is 20.9 Å². The zero-order chi connectivity index (χ0) is 13.8.